The first-order valence-electron chi connectivity index (χ1n) is 6.21. The Kier molecular flexibility index (Phi) is 4.13. The molecule has 2 N–H and O–H groups in total. The highest BCUT2D eigenvalue weighted by atomic mass is 16.2. The molecule has 0 saturated heterocycles. The first-order valence-corrected chi connectivity index (χ1v) is 6.21. The van der Waals surface area contributed by atoms with Gasteiger partial charge in [0.1, 0.15) is 11.9 Å². The van der Waals surface area contributed by atoms with Crippen LogP contribution in [0.25, 0.3) is 0 Å². The van der Waals surface area contributed by atoms with Crippen LogP contribution in [0.15, 0.2) is 18.3 Å². The lowest BCUT2D eigenvalue weighted by Crippen LogP contribution is -2.39. The number of pyridine rings is 1. The minimum absolute atomic E-state index is 0.223. The maximum Gasteiger partial charge on any atom is 0.320 e. The molecule has 18 heavy (non-hydrogen) atoms. The quantitative estimate of drug-likeness (QED) is 0.838. The summed E-state index contributed by atoms with van der Waals surface area (Å²) >= 11 is 0. The number of rotatable bonds is 2. The van der Waals surface area contributed by atoms with Crippen molar-refractivity contribution in [3.05, 3.63) is 23.9 Å². The number of nitrogens with one attached hydrogen (secondary N) is 2. The molecule has 2 amide bonds. The number of urea groups is 1. The van der Waals surface area contributed by atoms with Crippen LogP contribution in [-0.4, -0.2) is 17.1 Å². The molecule has 5 nitrogen and oxygen atoms in total. The number of hydrogen-bond donors (Lipinski definition) is 2. The maximum absolute atomic E-state index is 11.7. The lowest BCUT2D eigenvalue weighted by atomic mass is 9.96. The van der Waals surface area contributed by atoms with Crippen LogP contribution in [0.1, 0.15) is 37.7 Å². The average Bonchev–Trinajstić information content (AvgIpc) is 2.40. The second-order valence-corrected chi connectivity index (χ2v) is 4.48. The predicted molar refractivity (Wildman–Crippen MR) is 68.0 cm³/mol. The summed E-state index contributed by atoms with van der Waals surface area (Å²) in [7, 11) is 0. The number of hydrogen-bond acceptors (Lipinski definition) is 3. The molecule has 1 aromatic heterocycles. The Morgan fingerprint density at radius 3 is 2.72 bits per heavy atom. The summed E-state index contributed by atoms with van der Waals surface area (Å²) in [4.78, 5) is 15.7. The largest absolute Gasteiger partial charge is 0.335 e. The van der Waals surface area contributed by atoms with Crippen LogP contribution >= 0.6 is 0 Å². The Hall–Kier alpha value is -2.09. The zero-order valence-corrected chi connectivity index (χ0v) is 10.1. The van der Waals surface area contributed by atoms with E-state index in [1.165, 1.54) is 25.5 Å². The van der Waals surface area contributed by atoms with Crippen molar-refractivity contribution < 1.29 is 4.79 Å². The SMILES string of the molecule is N#Cc1ccc(NC(=O)NC2CCCCC2)nc1. The fraction of sp³-hybridized carbons (Fsp3) is 0.462. The molecule has 0 aromatic carbocycles. The van der Waals surface area contributed by atoms with Gasteiger partial charge in [-0.1, -0.05) is 19.3 Å². The van der Waals surface area contributed by atoms with Gasteiger partial charge in [0.25, 0.3) is 0 Å². The van der Waals surface area contributed by atoms with E-state index in [1.54, 1.807) is 12.1 Å². The number of carbonyl (C=O) groups is 1. The van der Waals surface area contributed by atoms with Gasteiger partial charge in [-0.25, -0.2) is 9.78 Å². The number of anilines is 1. The molecule has 0 aliphatic heterocycles. The van der Waals surface area contributed by atoms with E-state index in [0.717, 1.165) is 12.8 Å². The van der Waals surface area contributed by atoms with Crippen LogP contribution in [0.2, 0.25) is 0 Å². The van der Waals surface area contributed by atoms with Crippen molar-refractivity contribution in [3.8, 4) is 6.07 Å². The summed E-state index contributed by atoms with van der Waals surface area (Å²) < 4.78 is 0. The Bertz CT molecular complexity index is 443. The normalized spacial score (nSPS) is 15.7. The Morgan fingerprint density at radius 2 is 2.11 bits per heavy atom. The van der Waals surface area contributed by atoms with Crippen molar-refractivity contribution in [1.82, 2.24) is 10.3 Å². The summed E-state index contributed by atoms with van der Waals surface area (Å²) in [6, 6.07) is 5.29. The first-order chi connectivity index (χ1) is 8.78. The van der Waals surface area contributed by atoms with Crippen molar-refractivity contribution in [3.63, 3.8) is 0 Å². The number of nitrogens with zero attached hydrogens (tertiary/aromatic N) is 2. The van der Waals surface area contributed by atoms with Crippen LogP contribution in [0.3, 0.4) is 0 Å². The molecule has 1 saturated carbocycles. The van der Waals surface area contributed by atoms with Crippen molar-refractivity contribution in [2.24, 2.45) is 0 Å². The van der Waals surface area contributed by atoms with Gasteiger partial charge >= 0.3 is 6.03 Å². The van der Waals surface area contributed by atoms with Gasteiger partial charge in [0, 0.05) is 12.2 Å². The van der Waals surface area contributed by atoms with Crippen molar-refractivity contribution in [2.75, 3.05) is 5.32 Å². The van der Waals surface area contributed by atoms with E-state index in [1.807, 2.05) is 6.07 Å². The summed E-state index contributed by atoms with van der Waals surface area (Å²) in [5.74, 6) is 0.460. The molecule has 0 bridgehead atoms. The standard InChI is InChI=1S/C13H16N4O/c14-8-10-6-7-12(15-9-10)17-13(18)16-11-4-2-1-3-5-11/h6-7,9,11H,1-5H2,(H2,15,16,17,18). The molecule has 0 spiro atoms. The second kappa shape index (κ2) is 6.01. The van der Waals surface area contributed by atoms with E-state index in [-0.39, 0.29) is 12.1 Å². The van der Waals surface area contributed by atoms with Crippen molar-refractivity contribution >= 4 is 11.8 Å². The molecule has 1 aliphatic rings. The first kappa shape index (κ1) is 12.4. The average molecular weight is 244 g/mol. The van der Waals surface area contributed by atoms with Crippen LogP contribution in [0.4, 0.5) is 10.6 Å². The van der Waals surface area contributed by atoms with Gasteiger partial charge in [0.05, 0.1) is 5.56 Å². The summed E-state index contributed by atoms with van der Waals surface area (Å²) in [5.41, 5.74) is 0.480. The molecule has 1 fully saturated rings. The smallest absolute Gasteiger partial charge is 0.320 e. The maximum atomic E-state index is 11.7. The van der Waals surface area contributed by atoms with E-state index in [0.29, 0.717) is 11.4 Å². The minimum atomic E-state index is -0.223. The Morgan fingerprint density at radius 1 is 1.33 bits per heavy atom. The monoisotopic (exact) mass is 244 g/mol. The molecule has 94 valence electrons. The lowest BCUT2D eigenvalue weighted by Gasteiger charge is -2.22. The second-order valence-electron chi connectivity index (χ2n) is 4.48. The van der Waals surface area contributed by atoms with Crippen molar-refractivity contribution in [1.29, 1.82) is 5.26 Å². The van der Waals surface area contributed by atoms with E-state index < -0.39 is 0 Å². The third-order valence-electron chi connectivity index (χ3n) is 3.07. The topological polar surface area (TPSA) is 77.8 Å². The summed E-state index contributed by atoms with van der Waals surface area (Å²) in [6.07, 6.45) is 7.16. The van der Waals surface area contributed by atoms with Crippen LogP contribution in [0.5, 0.6) is 0 Å². The zero-order valence-electron chi connectivity index (χ0n) is 10.1. The minimum Gasteiger partial charge on any atom is -0.335 e. The van der Waals surface area contributed by atoms with E-state index in [2.05, 4.69) is 15.6 Å². The molecule has 5 heteroatoms. The molecule has 1 heterocycles. The van der Waals surface area contributed by atoms with E-state index in [4.69, 9.17) is 5.26 Å². The van der Waals surface area contributed by atoms with Gasteiger partial charge in [-0.05, 0) is 25.0 Å². The Labute approximate surface area is 106 Å². The molecule has 0 unspecified atom stereocenters. The fourth-order valence-electron chi connectivity index (χ4n) is 2.12. The third kappa shape index (κ3) is 3.45. The summed E-state index contributed by atoms with van der Waals surface area (Å²) in [5, 5.41) is 14.2. The van der Waals surface area contributed by atoms with Gasteiger partial charge in [0.2, 0.25) is 0 Å². The highest BCUT2D eigenvalue weighted by molar-refractivity contribution is 5.88. The van der Waals surface area contributed by atoms with Gasteiger partial charge in [-0.2, -0.15) is 5.26 Å². The fourth-order valence-corrected chi connectivity index (χ4v) is 2.12. The molecule has 2 rings (SSSR count). The number of amides is 2. The Balaban J connectivity index is 1.84. The molecular formula is C13H16N4O. The van der Waals surface area contributed by atoms with Crippen LogP contribution in [-0.2, 0) is 0 Å². The van der Waals surface area contributed by atoms with Gasteiger partial charge in [-0.15, -0.1) is 0 Å². The summed E-state index contributed by atoms with van der Waals surface area (Å²) in [6.45, 7) is 0. The van der Waals surface area contributed by atoms with Crippen molar-refractivity contribution in [2.45, 2.75) is 38.1 Å². The zero-order chi connectivity index (χ0) is 12.8. The molecule has 0 radical (unpaired) electrons. The van der Waals surface area contributed by atoms with E-state index >= 15 is 0 Å². The van der Waals surface area contributed by atoms with Crippen LogP contribution < -0.4 is 10.6 Å². The highest BCUT2D eigenvalue weighted by Crippen LogP contribution is 2.17. The molecule has 1 aliphatic carbocycles. The molecule has 1 aromatic rings. The van der Waals surface area contributed by atoms with Gasteiger partial charge < -0.3 is 5.32 Å². The van der Waals surface area contributed by atoms with Gasteiger partial charge in [-0.3, -0.25) is 5.32 Å². The third-order valence-corrected chi connectivity index (χ3v) is 3.07. The number of aromatic nitrogens is 1. The highest BCUT2D eigenvalue weighted by Gasteiger charge is 2.15. The molecular weight excluding hydrogens is 228 g/mol. The predicted octanol–water partition coefficient (Wildman–Crippen LogP) is 2.41. The van der Waals surface area contributed by atoms with E-state index in [9.17, 15) is 4.79 Å². The number of nitriles is 1. The van der Waals surface area contributed by atoms with Crippen LogP contribution in [0, 0.1) is 11.3 Å². The molecule has 0 atom stereocenters. The number of carbonyl (C=O) groups excluding carboxylic acids is 1. The lowest BCUT2D eigenvalue weighted by molar-refractivity contribution is 0.244. The van der Waals surface area contributed by atoms with Gasteiger partial charge in [0.15, 0.2) is 0 Å².